The maximum atomic E-state index is 2.41. The molecule has 0 heterocycles. The van der Waals surface area contributed by atoms with E-state index >= 15 is 0 Å². The first-order chi connectivity index (χ1) is 21.9. The van der Waals surface area contributed by atoms with E-state index in [1.165, 1.54) is 65.7 Å². The zero-order chi connectivity index (χ0) is 29.3. The van der Waals surface area contributed by atoms with Crippen LogP contribution in [0.5, 0.6) is 0 Å². The summed E-state index contributed by atoms with van der Waals surface area (Å²) in [5, 5.41) is 7.78. The lowest BCUT2D eigenvalue weighted by atomic mass is 9.78. The summed E-state index contributed by atoms with van der Waals surface area (Å²) in [6, 6.07) is 66.7. The Balaban J connectivity index is 1.45. The fourth-order valence-electron chi connectivity index (χ4n) is 7.19. The molecule has 0 aliphatic carbocycles. The monoisotopic (exact) mass is 560 g/mol. The van der Waals surface area contributed by atoms with Crippen molar-refractivity contribution in [1.29, 1.82) is 0 Å². The molecule has 8 aromatic carbocycles. The average molecular weight is 561 g/mol. The molecule has 0 saturated carbocycles. The van der Waals surface area contributed by atoms with Gasteiger partial charge in [-0.2, -0.15) is 0 Å². The van der Waals surface area contributed by atoms with Crippen molar-refractivity contribution in [3.8, 4) is 0 Å². The van der Waals surface area contributed by atoms with Gasteiger partial charge in [0.15, 0.2) is 0 Å². The number of benzene rings is 8. The van der Waals surface area contributed by atoms with Gasteiger partial charge in [-0.25, -0.2) is 0 Å². The lowest BCUT2D eigenvalue weighted by Crippen LogP contribution is -2.06. The highest BCUT2D eigenvalue weighted by Gasteiger charge is 2.24. The first-order valence-corrected chi connectivity index (χ1v) is 15.4. The minimum Gasteiger partial charge on any atom is -0.0622 e. The van der Waals surface area contributed by atoms with E-state index in [2.05, 4.69) is 182 Å². The van der Waals surface area contributed by atoms with Crippen LogP contribution in [-0.2, 0) is 0 Å². The van der Waals surface area contributed by atoms with Crippen LogP contribution in [0.15, 0.2) is 182 Å². The van der Waals surface area contributed by atoms with Crippen molar-refractivity contribution in [2.45, 2.75) is 11.8 Å². The van der Waals surface area contributed by atoms with Gasteiger partial charge in [0.2, 0.25) is 0 Å². The molecule has 0 bridgehead atoms. The molecule has 44 heavy (non-hydrogen) atoms. The average Bonchev–Trinajstić information content (AvgIpc) is 3.10. The fraction of sp³-hybridized carbons (Fsp3) is 0.0455. The molecule has 0 saturated heterocycles. The standard InChI is InChI=1S/C44H32/c1-5-16-31(17-6-1)42(32-18-7-2-8-19-32)39-27-15-26-37-38(39)28-29-40-41(37)30-35-24-13-14-25-36(35)44(40)43(33-20-9-3-10-21-33)34-22-11-4-12-23-34/h1-30,42-43H. The van der Waals surface area contributed by atoms with Gasteiger partial charge >= 0.3 is 0 Å². The van der Waals surface area contributed by atoms with E-state index in [0.29, 0.717) is 0 Å². The van der Waals surface area contributed by atoms with Crippen LogP contribution >= 0.6 is 0 Å². The van der Waals surface area contributed by atoms with Gasteiger partial charge in [-0.1, -0.05) is 176 Å². The normalized spacial score (nSPS) is 11.6. The SMILES string of the molecule is c1ccc(C(c2ccccc2)c2cccc3c2ccc2c(C(c4ccccc4)c4ccccc4)c4ccccc4cc23)cc1. The van der Waals surface area contributed by atoms with Gasteiger partial charge in [0.25, 0.3) is 0 Å². The number of hydrogen-bond acceptors (Lipinski definition) is 0. The minimum atomic E-state index is 0.105. The second-order valence-electron chi connectivity index (χ2n) is 11.6. The molecule has 8 rings (SSSR count). The molecule has 0 spiro atoms. The Morgan fingerprint density at radius 1 is 0.273 bits per heavy atom. The molecular formula is C44H32. The molecule has 0 aromatic heterocycles. The Bertz CT molecular complexity index is 2120. The third-order valence-corrected chi connectivity index (χ3v) is 9.11. The number of fused-ring (bicyclic) bond motifs is 4. The maximum Gasteiger partial charge on any atom is 0.0352 e. The summed E-state index contributed by atoms with van der Waals surface area (Å²) >= 11 is 0. The highest BCUT2D eigenvalue weighted by atomic mass is 14.3. The smallest absolute Gasteiger partial charge is 0.0352 e. The molecule has 0 N–H and O–H groups in total. The van der Waals surface area contributed by atoms with E-state index in [4.69, 9.17) is 0 Å². The molecule has 8 aromatic rings. The van der Waals surface area contributed by atoms with Crippen LogP contribution in [0.3, 0.4) is 0 Å². The van der Waals surface area contributed by atoms with Crippen LogP contribution < -0.4 is 0 Å². The van der Waals surface area contributed by atoms with Crippen LogP contribution in [0, 0.1) is 0 Å². The molecule has 0 aliphatic rings. The second kappa shape index (κ2) is 11.3. The van der Waals surface area contributed by atoms with Gasteiger partial charge in [0, 0.05) is 11.8 Å². The predicted molar refractivity (Wildman–Crippen MR) is 187 cm³/mol. The summed E-state index contributed by atoms with van der Waals surface area (Å²) in [6.45, 7) is 0. The Morgan fingerprint density at radius 2 is 0.727 bits per heavy atom. The lowest BCUT2D eigenvalue weighted by molar-refractivity contribution is 0.989. The van der Waals surface area contributed by atoms with Crippen LogP contribution in [0.4, 0.5) is 0 Å². The molecule has 208 valence electrons. The quantitative estimate of drug-likeness (QED) is 0.108. The van der Waals surface area contributed by atoms with Gasteiger partial charge in [-0.15, -0.1) is 0 Å². The van der Waals surface area contributed by atoms with E-state index in [-0.39, 0.29) is 11.8 Å². The summed E-state index contributed by atoms with van der Waals surface area (Å²) in [6.07, 6.45) is 0. The molecule has 0 fully saturated rings. The predicted octanol–water partition coefficient (Wildman–Crippen LogP) is 11.5. The Morgan fingerprint density at radius 3 is 1.30 bits per heavy atom. The highest BCUT2D eigenvalue weighted by Crippen LogP contribution is 2.44. The number of hydrogen-bond donors (Lipinski definition) is 0. The molecule has 0 nitrogen and oxygen atoms in total. The molecule has 0 atom stereocenters. The van der Waals surface area contributed by atoms with Crippen molar-refractivity contribution in [1.82, 2.24) is 0 Å². The third kappa shape index (κ3) is 4.57. The van der Waals surface area contributed by atoms with Gasteiger partial charge in [-0.3, -0.25) is 0 Å². The van der Waals surface area contributed by atoms with Crippen LogP contribution in [0.1, 0.15) is 45.2 Å². The van der Waals surface area contributed by atoms with Crippen molar-refractivity contribution < 1.29 is 0 Å². The fourth-order valence-corrected chi connectivity index (χ4v) is 7.19. The Labute approximate surface area is 258 Å². The first-order valence-electron chi connectivity index (χ1n) is 15.4. The highest BCUT2D eigenvalue weighted by molar-refractivity contribution is 6.15. The topological polar surface area (TPSA) is 0 Å². The van der Waals surface area contributed by atoms with E-state index < -0.39 is 0 Å². The number of rotatable bonds is 6. The summed E-state index contributed by atoms with van der Waals surface area (Å²) < 4.78 is 0. The Kier molecular flexibility index (Phi) is 6.74. The summed E-state index contributed by atoms with van der Waals surface area (Å²) in [7, 11) is 0. The van der Waals surface area contributed by atoms with Crippen molar-refractivity contribution in [3.63, 3.8) is 0 Å². The van der Waals surface area contributed by atoms with Gasteiger partial charge in [0.1, 0.15) is 0 Å². The van der Waals surface area contributed by atoms with Gasteiger partial charge in [0.05, 0.1) is 0 Å². The lowest BCUT2D eigenvalue weighted by Gasteiger charge is -2.25. The summed E-state index contributed by atoms with van der Waals surface area (Å²) in [5.41, 5.74) is 7.92. The van der Waals surface area contributed by atoms with Crippen LogP contribution in [0.2, 0.25) is 0 Å². The first kappa shape index (κ1) is 26.2. The van der Waals surface area contributed by atoms with Crippen molar-refractivity contribution >= 4 is 32.3 Å². The zero-order valence-electron chi connectivity index (χ0n) is 24.5. The maximum absolute atomic E-state index is 2.41. The van der Waals surface area contributed by atoms with Crippen molar-refractivity contribution in [2.75, 3.05) is 0 Å². The largest absolute Gasteiger partial charge is 0.0622 e. The summed E-state index contributed by atoms with van der Waals surface area (Å²) in [5.74, 6) is 0.243. The minimum absolute atomic E-state index is 0.105. The van der Waals surface area contributed by atoms with E-state index in [1.54, 1.807) is 0 Å². The van der Waals surface area contributed by atoms with Gasteiger partial charge in [-0.05, 0) is 71.8 Å². The molecule has 0 heteroatoms. The molecule has 0 amide bonds. The summed E-state index contributed by atoms with van der Waals surface area (Å²) in [4.78, 5) is 0. The van der Waals surface area contributed by atoms with Gasteiger partial charge < -0.3 is 0 Å². The molecule has 0 radical (unpaired) electrons. The zero-order valence-corrected chi connectivity index (χ0v) is 24.5. The molecule has 0 aliphatic heterocycles. The molecule has 0 unspecified atom stereocenters. The molecular weight excluding hydrogens is 528 g/mol. The Hall–Kier alpha value is -5.46. The van der Waals surface area contributed by atoms with Crippen LogP contribution in [0.25, 0.3) is 32.3 Å². The van der Waals surface area contributed by atoms with Crippen molar-refractivity contribution in [2.24, 2.45) is 0 Å². The van der Waals surface area contributed by atoms with E-state index in [0.717, 1.165) is 0 Å². The second-order valence-corrected chi connectivity index (χ2v) is 11.6. The van der Waals surface area contributed by atoms with Crippen molar-refractivity contribution in [3.05, 3.63) is 215 Å². The van der Waals surface area contributed by atoms with E-state index in [1.807, 2.05) is 0 Å². The third-order valence-electron chi connectivity index (χ3n) is 9.11. The van der Waals surface area contributed by atoms with E-state index in [9.17, 15) is 0 Å². The van der Waals surface area contributed by atoms with Crippen LogP contribution in [-0.4, -0.2) is 0 Å².